The average Bonchev–Trinajstić information content (AvgIpc) is 3.32. The minimum absolute atomic E-state index is 0.162. The van der Waals surface area contributed by atoms with Gasteiger partial charge in [-0.15, -0.1) is 10.2 Å². The molecule has 1 N–H and O–H groups in total. The number of anilines is 1. The molecule has 37 heavy (non-hydrogen) atoms. The molecule has 1 heterocycles. The molecule has 1 unspecified atom stereocenters. The number of nitrogens with zero attached hydrogens (tertiary/aromatic N) is 3. The molecule has 4 aromatic rings. The van der Waals surface area contributed by atoms with Crippen LogP contribution in [-0.2, 0) is 22.7 Å². The van der Waals surface area contributed by atoms with Crippen molar-refractivity contribution in [3.8, 4) is 22.6 Å². The number of aromatic nitrogens is 3. The maximum Gasteiger partial charge on any atom is 0.237 e. The number of methoxy groups -OCH3 is 2. The number of carbonyl (C=O) groups is 1. The molecule has 192 valence electrons. The molecule has 0 fully saturated rings. The van der Waals surface area contributed by atoms with Crippen LogP contribution in [0.15, 0.2) is 84.0 Å². The minimum atomic E-state index is -0.428. The Hall–Kier alpha value is -3.82. The van der Waals surface area contributed by atoms with E-state index in [1.54, 1.807) is 26.4 Å². The highest BCUT2D eigenvalue weighted by atomic mass is 32.2. The highest BCUT2D eigenvalue weighted by molar-refractivity contribution is 8.00. The Bertz CT molecular complexity index is 1310. The molecule has 0 aliphatic heterocycles. The van der Waals surface area contributed by atoms with Crippen LogP contribution in [0.1, 0.15) is 12.7 Å². The van der Waals surface area contributed by atoms with Crippen LogP contribution in [0.4, 0.5) is 5.69 Å². The van der Waals surface area contributed by atoms with Crippen molar-refractivity contribution >= 4 is 23.4 Å². The summed E-state index contributed by atoms with van der Waals surface area (Å²) < 4.78 is 18.8. The number of nitrogens with one attached hydrogen (secondary N) is 1. The van der Waals surface area contributed by atoms with Crippen LogP contribution in [0.25, 0.3) is 11.1 Å². The number of thioether (sulfide) groups is 1. The zero-order chi connectivity index (χ0) is 26.0. The third-order valence-electron chi connectivity index (χ3n) is 5.66. The molecule has 0 aliphatic carbocycles. The summed E-state index contributed by atoms with van der Waals surface area (Å²) in [6, 6.07) is 25.3. The number of benzene rings is 3. The van der Waals surface area contributed by atoms with E-state index >= 15 is 0 Å². The smallest absolute Gasteiger partial charge is 0.237 e. The summed E-state index contributed by atoms with van der Waals surface area (Å²) >= 11 is 1.33. The lowest BCUT2D eigenvalue weighted by Gasteiger charge is -2.15. The van der Waals surface area contributed by atoms with Crippen LogP contribution in [0, 0.1) is 0 Å². The van der Waals surface area contributed by atoms with Gasteiger partial charge in [-0.1, -0.05) is 72.4 Å². The van der Waals surface area contributed by atoms with E-state index in [0.29, 0.717) is 35.6 Å². The first-order chi connectivity index (χ1) is 18.1. The highest BCUT2D eigenvalue weighted by Crippen LogP contribution is 2.31. The third kappa shape index (κ3) is 6.69. The molecule has 0 saturated heterocycles. The Labute approximate surface area is 221 Å². The van der Waals surface area contributed by atoms with Gasteiger partial charge < -0.3 is 24.1 Å². The summed E-state index contributed by atoms with van der Waals surface area (Å²) in [5.41, 5.74) is 2.70. The van der Waals surface area contributed by atoms with E-state index in [-0.39, 0.29) is 12.5 Å². The lowest BCUT2D eigenvalue weighted by molar-refractivity contribution is -0.115. The molecule has 4 rings (SSSR count). The standard InChI is InChI=1S/C28H30N4O4S/c1-20(27(33)29-23-14-8-10-16-25(23)35-3)37-28-31-30-26(32(28)17-18-34-2)19-36-24-15-9-7-13-22(24)21-11-5-4-6-12-21/h4-16,20H,17-19H2,1-3H3,(H,29,33). The molecule has 0 spiro atoms. The molecular weight excluding hydrogens is 488 g/mol. The van der Waals surface area contributed by atoms with Crippen molar-refractivity contribution in [2.75, 3.05) is 26.1 Å². The Balaban J connectivity index is 1.48. The largest absolute Gasteiger partial charge is 0.495 e. The summed E-state index contributed by atoms with van der Waals surface area (Å²) in [5, 5.41) is 11.9. The number of hydrogen-bond acceptors (Lipinski definition) is 7. The SMILES string of the molecule is COCCn1c(COc2ccccc2-c2ccccc2)nnc1SC(C)C(=O)Nc1ccccc1OC. The Morgan fingerprint density at radius 3 is 2.41 bits per heavy atom. The molecule has 0 saturated carbocycles. The van der Waals surface area contributed by atoms with Gasteiger partial charge >= 0.3 is 0 Å². The Kier molecular flexibility index (Phi) is 9.18. The summed E-state index contributed by atoms with van der Waals surface area (Å²) in [7, 11) is 3.22. The van der Waals surface area contributed by atoms with Crippen molar-refractivity contribution in [3.05, 3.63) is 84.7 Å². The van der Waals surface area contributed by atoms with Crippen LogP contribution >= 0.6 is 11.8 Å². The molecule has 3 aromatic carbocycles. The number of amides is 1. The molecule has 0 aliphatic rings. The van der Waals surface area contributed by atoms with Crippen molar-refractivity contribution in [1.82, 2.24) is 14.8 Å². The predicted molar refractivity (Wildman–Crippen MR) is 145 cm³/mol. The topological polar surface area (TPSA) is 87.5 Å². The number of carbonyl (C=O) groups excluding carboxylic acids is 1. The van der Waals surface area contributed by atoms with Crippen molar-refractivity contribution in [1.29, 1.82) is 0 Å². The number of rotatable bonds is 12. The van der Waals surface area contributed by atoms with Gasteiger partial charge in [0, 0.05) is 19.2 Å². The van der Waals surface area contributed by atoms with E-state index in [9.17, 15) is 4.79 Å². The molecule has 1 amide bonds. The molecule has 1 aromatic heterocycles. The molecular formula is C28H30N4O4S. The third-order valence-corrected chi connectivity index (χ3v) is 6.74. The lowest BCUT2D eigenvalue weighted by Crippen LogP contribution is -2.23. The first-order valence-corrected chi connectivity index (χ1v) is 12.8. The van der Waals surface area contributed by atoms with E-state index in [4.69, 9.17) is 14.2 Å². The second-order valence-electron chi connectivity index (χ2n) is 8.14. The summed E-state index contributed by atoms with van der Waals surface area (Å²) in [5.74, 6) is 1.85. The van der Waals surface area contributed by atoms with E-state index < -0.39 is 5.25 Å². The van der Waals surface area contributed by atoms with Crippen molar-refractivity contribution in [2.45, 2.75) is 30.5 Å². The molecule has 0 bridgehead atoms. The van der Waals surface area contributed by atoms with E-state index in [0.717, 1.165) is 16.9 Å². The van der Waals surface area contributed by atoms with Crippen molar-refractivity contribution < 1.29 is 19.0 Å². The van der Waals surface area contributed by atoms with Crippen LogP contribution in [0.2, 0.25) is 0 Å². The van der Waals surface area contributed by atoms with Crippen LogP contribution in [0.3, 0.4) is 0 Å². The second kappa shape index (κ2) is 12.9. The van der Waals surface area contributed by atoms with Crippen molar-refractivity contribution in [2.24, 2.45) is 0 Å². The van der Waals surface area contributed by atoms with Gasteiger partial charge in [-0.25, -0.2) is 0 Å². The van der Waals surface area contributed by atoms with Crippen LogP contribution < -0.4 is 14.8 Å². The van der Waals surface area contributed by atoms with E-state index in [1.165, 1.54) is 11.8 Å². The van der Waals surface area contributed by atoms with Gasteiger partial charge in [-0.3, -0.25) is 4.79 Å². The van der Waals surface area contributed by atoms with E-state index in [1.807, 2.05) is 66.1 Å². The quantitative estimate of drug-likeness (QED) is 0.255. The number of ether oxygens (including phenoxy) is 3. The first kappa shape index (κ1) is 26.2. The Morgan fingerprint density at radius 2 is 1.65 bits per heavy atom. The highest BCUT2D eigenvalue weighted by Gasteiger charge is 2.21. The summed E-state index contributed by atoms with van der Waals surface area (Å²) in [6.07, 6.45) is 0. The van der Waals surface area contributed by atoms with E-state index in [2.05, 4.69) is 27.6 Å². The molecule has 1 atom stereocenters. The number of hydrogen-bond donors (Lipinski definition) is 1. The number of para-hydroxylation sites is 3. The zero-order valence-corrected chi connectivity index (χ0v) is 21.9. The molecule has 0 radical (unpaired) electrons. The fourth-order valence-corrected chi connectivity index (χ4v) is 4.60. The van der Waals surface area contributed by atoms with Gasteiger partial charge in [0.1, 0.15) is 18.1 Å². The molecule has 9 heteroatoms. The van der Waals surface area contributed by atoms with Crippen LogP contribution in [-0.4, -0.2) is 46.7 Å². The zero-order valence-electron chi connectivity index (χ0n) is 21.1. The Morgan fingerprint density at radius 1 is 0.946 bits per heavy atom. The van der Waals surface area contributed by atoms with Gasteiger partial charge in [0.2, 0.25) is 5.91 Å². The fraction of sp³-hybridized carbons (Fsp3) is 0.250. The summed E-state index contributed by atoms with van der Waals surface area (Å²) in [6.45, 7) is 3.06. The monoisotopic (exact) mass is 518 g/mol. The van der Waals surface area contributed by atoms with Gasteiger partial charge in [0.15, 0.2) is 11.0 Å². The fourth-order valence-electron chi connectivity index (χ4n) is 3.71. The summed E-state index contributed by atoms with van der Waals surface area (Å²) in [4.78, 5) is 12.9. The second-order valence-corrected chi connectivity index (χ2v) is 9.45. The van der Waals surface area contributed by atoms with Gasteiger partial charge in [-0.05, 0) is 30.7 Å². The van der Waals surface area contributed by atoms with Crippen LogP contribution in [0.5, 0.6) is 11.5 Å². The minimum Gasteiger partial charge on any atom is -0.495 e. The average molecular weight is 519 g/mol. The maximum atomic E-state index is 12.9. The van der Waals surface area contributed by atoms with Gasteiger partial charge in [-0.2, -0.15) is 0 Å². The normalized spacial score (nSPS) is 11.6. The van der Waals surface area contributed by atoms with Gasteiger partial charge in [0.05, 0.1) is 24.7 Å². The van der Waals surface area contributed by atoms with Crippen molar-refractivity contribution in [3.63, 3.8) is 0 Å². The first-order valence-electron chi connectivity index (χ1n) is 11.9. The molecule has 8 nitrogen and oxygen atoms in total. The van der Waals surface area contributed by atoms with Gasteiger partial charge in [0.25, 0.3) is 0 Å². The lowest BCUT2D eigenvalue weighted by atomic mass is 10.1. The maximum absolute atomic E-state index is 12.9. The predicted octanol–water partition coefficient (Wildman–Crippen LogP) is 5.30.